The van der Waals surface area contributed by atoms with E-state index in [2.05, 4.69) is 23.5 Å². The second-order valence-corrected chi connectivity index (χ2v) is 4.10. The minimum Gasteiger partial charge on any atom is -0.411 e. The highest BCUT2D eigenvalue weighted by Crippen LogP contribution is 2.38. The van der Waals surface area contributed by atoms with E-state index in [-0.39, 0.29) is 0 Å². The van der Waals surface area contributed by atoms with Gasteiger partial charge in [-0.2, -0.15) is 0 Å². The van der Waals surface area contributed by atoms with Gasteiger partial charge in [-0.3, -0.25) is 0 Å². The Morgan fingerprint density at radius 1 is 1.67 bits per heavy atom. The summed E-state index contributed by atoms with van der Waals surface area (Å²) >= 11 is 1.76. The normalized spacial score (nSPS) is 25.8. The molecule has 1 aromatic heterocycles. The van der Waals surface area contributed by atoms with Gasteiger partial charge >= 0.3 is 0 Å². The molecule has 1 aliphatic rings. The molecular formula is C9H11NOS. The van der Waals surface area contributed by atoms with Crippen LogP contribution in [0.15, 0.2) is 16.6 Å². The highest BCUT2D eigenvalue weighted by molar-refractivity contribution is 7.10. The molecule has 1 N–H and O–H groups in total. The van der Waals surface area contributed by atoms with Crippen molar-refractivity contribution in [3.8, 4) is 0 Å². The van der Waals surface area contributed by atoms with Gasteiger partial charge in [0, 0.05) is 10.8 Å². The lowest BCUT2D eigenvalue weighted by Gasteiger charge is -2.26. The van der Waals surface area contributed by atoms with E-state index in [0.717, 1.165) is 18.6 Å². The topological polar surface area (TPSA) is 32.6 Å². The Morgan fingerprint density at radius 2 is 2.50 bits per heavy atom. The van der Waals surface area contributed by atoms with Crippen molar-refractivity contribution in [3.63, 3.8) is 0 Å². The lowest BCUT2D eigenvalue weighted by Crippen LogP contribution is -2.23. The lowest BCUT2D eigenvalue weighted by atomic mass is 9.81. The van der Waals surface area contributed by atoms with Crippen LogP contribution >= 0.6 is 11.3 Å². The molecule has 0 saturated heterocycles. The molecule has 2 rings (SSSR count). The Bertz CT molecular complexity index is 316. The van der Waals surface area contributed by atoms with Gasteiger partial charge in [0.05, 0.1) is 5.71 Å². The van der Waals surface area contributed by atoms with Crippen LogP contribution in [0.25, 0.3) is 0 Å². The maximum absolute atomic E-state index is 8.64. The second kappa shape index (κ2) is 2.90. The SMILES string of the molecule is Cc1ccsc1C1CC/C1=N\O. The van der Waals surface area contributed by atoms with Gasteiger partial charge in [0.1, 0.15) is 0 Å². The molecule has 0 bridgehead atoms. The van der Waals surface area contributed by atoms with Gasteiger partial charge in [0.2, 0.25) is 0 Å². The second-order valence-electron chi connectivity index (χ2n) is 3.15. The summed E-state index contributed by atoms with van der Waals surface area (Å²) in [7, 11) is 0. The predicted octanol–water partition coefficient (Wildman–Crippen LogP) is 2.76. The molecule has 1 heterocycles. The summed E-state index contributed by atoms with van der Waals surface area (Å²) in [6.07, 6.45) is 2.10. The fraction of sp³-hybridized carbons (Fsp3) is 0.444. The third kappa shape index (κ3) is 1.05. The Labute approximate surface area is 75.5 Å². The van der Waals surface area contributed by atoms with Gasteiger partial charge in [0.25, 0.3) is 0 Å². The average Bonchev–Trinajstić information content (AvgIpc) is 2.36. The third-order valence-electron chi connectivity index (χ3n) is 2.44. The van der Waals surface area contributed by atoms with E-state index in [1.165, 1.54) is 10.4 Å². The Hall–Kier alpha value is -0.830. The molecule has 1 unspecified atom stereocenters. The molecule has 1 aliphatic carbocycles. The summed E-state index contributed by atoms with van der Waals surface area (Å²) in [5, 5.41) is 14.0. The monoisotopic (exact) mass is 181 g/mol. The fourth-order valence-corrected chi connectivity index (χ4v) is 2.65. The number of oxime groups is 1. The quantitative estimate of drug-likeness (QED) is 0.524. The van der Waals surface area contributed by atoms with E-state index >= 15 is 0 Å². The van der Waals surface area contributed by atoms with Crippen LogP contribution < -0.4 is 0 Å². The first-order valence-corrected chi connectivity index (χ1v) is 4.95. The van der Waals surface area contributed by atoms with Crippen LogP contribution in [0.1, 0.15) is 29.2 Å². The largest absolute Gasteiger partial charge is 0.411 e. The standard InChI is InChI=1S/C9H11NOS/c1-6-4-5-12-9(6)7-2-3-8(7)10-11/h4-5,7,11H,2-3H2,1H3/b10-8+. The molecule has 64 valence electrons. The van der Waals surface area contributed by atoms with Crippen LogP contribution in [-0.2, 0) is 0 Å². The molecule has 0 aromatic carbocycles. The molecular weight excluding hydrogens is 170 g/mol. The number of rotatable bonds is 1. The molecule has 3 heteroatoms. The van der Waals surface area contributed by atoms with Crippen molar-refractivity contribution in [2.45, 2.75) is 25.7 Å². The van der Waals surface area contributed by atoms with Crippen molar-refractivity contribution < 1.29 is 5.21 Å². The van der Waals surface area contributed by atoms with Gasteiger partial charge in [-0.25, -0.2) is 0 Å². The zero-order chi connectivity index (χ0) is 8.55. The van der Waals surface area contributed by atoms with Gasteiger partial charge in [0.15, 0.2) is 0 Å². The average molecular weight is 181 g/mol. The zero-order valence-electron chi connectivity index (χ0n) is 6.95. The van der Waals surface area contributed by atoms with Crippen LogP contribution in [0.2, 0.25) is 0 Å². The maximum atomic E-state index is 8.64. The maximum Gasteiger partial charge on any atom is 0.0654 e. The summed E-state index contributed by atoms with van der Waals surface area (Å²) in [5.41, 5.74) is 2.27. The first kappa shape index (κ1) is 7.80. The van der Waals surface area contributed by atoms with Crippen LogP contribution in [-0.4, -0.2) is 10.9 Å². The number of hydrogen-bond donors (Lipinski definition) is 1. The van der Waals surface area contributed by atoms with Crippen molar-refractivity contribution >= 4 is 17.0 Å². The highest BCUT2D eigenvalue weighted by atomic mass is 32.1. The van der Waals surface area contributed by atoms with E-state index < -0.39 is 0 Å². The summed E-state index contributed by atoms with van der Waals surface area (Å²) in [4.78, 5) is 1.37. The Balaban J connectivity index is 2.27. The Kier molecular flexibility index (Phi) is 1.89. The van der Waals surface area contributed by atoms with E-state index in [1.54, 1.807) is 11.3 Å². The van der Waals surface area contributed by atoms with Crippen molar-refractivity contribution in [1.29, 1.82) is 0 Å². The van der Waals surface area contributed by atoms with Crippen LogP contribution in [0.5, 0.6) is 0 Å². The molecule has 0 amide bonds. The molecule has 2 nitrogen and oxygen atoms in total. The molecule has 1 saturated carbocycles. The zero-order valence-corrected chi connectivity index (χ0v) is 7.77. The highest BCUT2D eigenvalue weighted by Gasteiger charge is 2.29. The van der Waals surface area contributed by atoms with Crippen molar-refractivity contribution in [3.05, 3.63) is 21.9 Å². The van der Waals surface area contributed by atoms with Gasteiger partial charge in [-0.15, -0.1) is 11.3 Å². The number of aryl methyl sites for hydroxylation is 1. The Morgan fingerprint density at radius 3 is 2.92 bits per heavy atom. The lowest BCUT2D eigenvalue weighted by molar-refractivity contribution is 0.310. The number of thiophene rings is 1. The fourth-order valence-electron chi connectivity index (χ4n) is 1.56. The van der Waals surface area contributed by atoms with Crippen molar-refractivity contribution in [2.75, 3.05) is 0 Å². The third-order valence-corrected chi connectivity index (χ3v) is 3.57. The van der Waals surface area contributed by atoms with Crippen LogP contribution in [0.4, 0.5) is 0 Å². The van der Waals surface area contributed by atoms with Crippen LogP contribution in [0.3, 0.4) is 0 Å². The predicted molar refractivity (Wildman–Crippen MR) is 50.3 cm³/mol. The van der Waals surface area contributed by atoms with Gasteiger partial charge in [-0.05, 0) is 36.8 Å². The first-order chi connectivity index (χ1) is 5.83. The molecule has 0 spiro atoms. The van der Waals surface area contributed by atoms with E-state index in [9.17, 15) is 0 Å². The molecule has 12 heavy (non-hydrogen) atoms. The number of hydrogen-bond acceptors (Lipinski definition) is 3. The van der Waals surface area contributed by atoms with Gasteiger partial charge in [-0.1, -0.05) is 5.16 Å². The smallest absolute Gasteiger partial charge is 0.0654 e. The van der Waals surface area contributed by atoms with E-state index in [0.29, 0.717) is 5.92 Å². The minimum atomic E-state index is 0.412. The first-order valence-electron chi connectivity index (χ1n) is 4.07. The van der Waals surface area contributed by atoms with Crippen molar-refractivity contribution in [1.82, 2.24) is 0 Å². The summed E-state index contributed by atoms with van der Waals surface area (Å²) in [6.45, 7) is 2.11. The van der Waals surface area contributed by atoms with E-state index in [4.69, 9.17) is 5.21 Å². The molecule has 1 atom stereocenters. The number of nitrogens with zero attached hydrogens (tertiary/aromatic N) is 1. The molecule has 1 aromatic rings. The van der Waals surface area contributed by atoms with E-state index in [1.807, 2.05) is 0 Å². The summed E-state index contributed by atoms with van der Waals surface area (Å²) in [6, 6.07) is 2.12. The summed E-state index contributed by atoms with van der Waals surface area (Å²) in [5.74, 6) is 0.412. The van der Waals surface area contributed by atoms with Crippen LogP contribution in [0, 0.1) is 6.92 Å². The molecule has 1 fully saturated rings. The van der Waals surface area contributed by atoms with Crippen molar-refractivity contribution in [2.24, 2.45) is 5.16 Å². The minimum absolute atomic E-state index is 0.412. The van der Waals surface area contributed by atoms with Gasteiger partial charge < -0.3 is 5.21 Å². The molecule has 0 aliphatic heterocycles. The molecule has 0 radical (unpaired) electrons. The summed E-state index contributed by atoms with van der Waals surface area (Å²) < 4.78 is 0.